The summed E-state index contributed by atoms with van der Waals surface area (Å²) in [6.45, 7) is 0. The number of methoxy groups -OCH3 is 1. The summed E-state index contributed by atoms with van der Waals surface area (Å²) in [7, 11) is 1.28. The maximum atomic E-state index is 12.8. The van der Waals surface area contributed by atoms with Crippen LogP contribution in [-0.2, 0) is 0 Å². The Balaban J connectivity index is 3.32. The lowest BCUT2D eigenvalue weighted by Crippen LogP contribution is -2.04. The number of benzene rings is 1. The van der Waals surface area contributed by atoms with E-state index in [1.54, 1.807) is 0 Å². The van der Waals surface area contributed by atoms with Gasteiger partial charge in [-0.15, -0.1) is 11.6 Å². The van der Waals surface area contributed by atoms with Gasteiger partial charge in [0.15, 0.2) is 5.78 Å². The molecule has 0 aliphatic heterocycles. The minimum absolute atomic E-state index is 0.0202. The lowest BCUT2D eigenvalue weighted by molar-refractivity contribution is 0.101. The van der Waals surface area contributed by atoms with Crippen LogP contribution in [0.1, 0.15) is 10.4 Å². The van der Waals surface area contributed by atoms with Gasteiger partial charge < -0.3 is 9.84 Å². The van der Waals surface area contributed by atoms with E-state index >= 15 is 0 Å². The molecule has 0 heterocycles. The standard InChI is InChI=1S/C9H8ClFO3/c1-14-8-3-5(11)2-6(12)9(8)7(13)4-10/h2-3,12H,4H2,1H3. The molecule has 14 heavy (non-hydrogen) atoms. The van der Waals surface area contributed by atoms with Crippen LogP contribution in [0.15, 0.2) is 12.1 Å². The van der Waals surface area contributed by atoms with Crippen LogP contribution in [0.3, 0.4) is 0 Å². The fourth-order valence-corrected chi connectivity index (χ4v) is 1.21. The number of ketones is 1. The molecule has 0 aromatic heterocycles. The first-order valence-corrected chi connectivity index (χ1v) is 4.29. The average Bonchev–Trinajstić information content (AvgIpc) is 2.15. The van der Waals surface area contributed by atoms with Crippen LogP contribution in [-0.4, -0.2) is 23.9 Å². The monoisotopic (exact) mass is 218 g/mol. The zero-order chi connectivity index (χ0) is 10.7. The maximum absolute atomic E-state index is 12.8. The van der Waals surface area contributed by atoms with Crippen LogP contribution in [0.2, 0.25) is 0 Å². The number of hydrogen-bond donors (Lipinski definition) is 1. The van der Waals surface area contributed by atoms with Crippen LogP contribution in [0.4, 0.5) is 4.39 Å². The number of ether oxygens (including phenoxy) is 1. The molecule has 0 saturated carbocycles. The van der Waals surface area contributed by atoms with Crippen molar-refractivity contribution in [3.63, 3.8) is 0 Å². The van der Waals surface area contributed by atoms with Gasteiger partial charge in [0.2, 0.25) is 0 Å². The molecule has 1 N–H and O–H groups in total. The number of carbonyl (C=O) groups excluding carboxylic acids is 1. The van der Waals surface area contributed by atoms with Gasteiger partial charge in [0.25, 0.3) is 0 Å². The summed E-state index contributed by atoms with van der Waals surface area (Å²) in [5.74, 6) is -1.97. The summed E-state index contributed by atoms with van der Waals surface area (Å²) in [6.07, 6.45) is 0. The van der Waals surface area contributed by atoms with Gasteiger partial charge in [-0.1, -0.05) is 0 Å². The molecular formula is C9H8ClFO3. The Hall–Kier alpha value is -1.29. The summed E-state index contributed by atoms with van der Waals surface area (Å²) in [6, 6.07) is 1.85. The van der Waals surface area contributed by atoms with Crippen LogP contribution >= 0.6 is 11.6 Å². The molecule has 0 aliphatic rings. The second-order valence-corrected chi connectivity index (χ2v) is 2.83. The Morgan fingerprint density at radius 1 is 1.64 bits per heavy atom. The fraction of sp³-hybridized carbons (Fsp3) is 0.222. The summed E-state index contributed by atoms with van der Waals surface area (Å²) >= 11 is 5.32. The summed E-state index contributed by atoms with van der Waals surface area (Å²) < 4.78 is 17.5. The predicted molar refractivity (Wildman–Crippen MR) is 49.7 cm³/mol. The Morgan fingerprint density at radius 3 is 2.79 bits per heavy atom. The molecule has 1 rings (SSSR count). The average molecular weight is 219 g/mol. The predicted octanol–water partition coefficient (Wildman–Crippen LogP) is 1.96. The van der Waals surface area contributed by atoms with E-state index in [0.29, 0.717) is 0 Å². The Morgan fingerprint density at radius 2 is 2.29 bits per heavy atom. The molecule has 0 amide bonds. The van der Waals surface area contributed by atoms with Crippen molar-refractivity contribution >= 4 is 17.4 Å². The third kappa shape index (κ3) is 1.96. The normalized spacial score (nSPS) is 9.93. The van der Waals surface area contributed by atoms with Crippen LogP contribution < -0.4 is 4.74 Å². The second-order valence-electron chi connectivity index (χ2n) is 2.56. The molecule has 76 valence electrons. The molecule has 0 aliphatic carbocycles. The minimum atomic E-state index is -0.675. The van der Waals surface area contributed by atoms with E-state index in [1.807, 2.05) is 0 Å². The van der Waals surface area contributed by atoms with Crippen molar-refractivity contribution in [1.29, 1.82) is 0 Å². The Bertz CT molecular complexity index is 365. The molecule has 3 nitrogen and oxygen atoms in total. The number of hydrogen-bond acceptors (Lipinski definition) is 3. The third-order valence-electron chi connectivity index (χ3n) is 1.67. The maximum Gasteiger partial charge on any atom is 0.185 e. The van der Waals surface area contributed by atoms with Gasteiger partial charge in [-0.05, 0) is 0 Å². The molecule has 0 fully saturated rings. The van der Waals surface area contributed by atoms with E-state index in [2.05, 4.69) is 0 Å². The highest BCUT2D eigenvalue weighted by atomic mass is 35.5. The van der Waals surface area contributed by atoms with Gasteiger partial charge >= 0.3 is 0 Å². The zero-order valence-electron chi connectivity index (χ0n) is 7.38. The highest BCUT2D eigenvalue weighted by Crippen LogP contribution is 2.29. The molecule has 0 bridgehead atoms. The number of phenols is 1. The van der Waals surface area contributed by atoms with Crippen molar-refractivity contribution in [3.8, 4) is 11.5 Å². The van der Waals surface area contributed by atoms with Crippen molar-refractivity contribution in [2.45, 2.75) is 0 Å². The molecule has 0 spiro atoms. The van der Waals surface area contributed by atoms with Crippen molar-refractivity contribution < 1.29 is 19.0 Å². The van der Waals surface area contributed by atoms with E-state index in [4.69, 9.17) is 16.3 Å². The summed E-state index contributed by atoms with van der Waals surface area (Å²) in [4.78, 5) is 11.2. The number of rotatable bonds is 3. The van der Waals surface area contributed by atoms with Crippen molar-refractivity contribution in [3.05, 3.63) is 23.5 Å². The molecule has 5 heteroatoms. The lowest BCUT2D eigenvalue weighted by atomic mass is 10.1. The summed E-state index contributed by atoms with van der Waals surface area (Å²) in [5.41, 5.74) is -0.0936. The molecule has 0 radical (unpaired) electrons. The quantitative estimate of drug-likeness (QED) is 0.623. The van der Waals surface area contributed by atoms with Crippen LogP contribution in [0.5, 0.6) is 11.5 Å². The van der Waals surface area contributed by atoms with E-state index in [-0.39, 0.29) is 17.2 Å². The Kier molecular flexibility index (Phi) is 3.30. The van der Waals surface area contributed by atoms with E-state index in [1.165, 1.54) is 7.11 Å². The molecule has 0 atom stereocenters. The number of aromatic hydroxyl groups is 1. The number of alkyl halides is 1. The van der Waals surface area contributed by atoms with Crippen LogP contribution in [0.25, 0.3) is 0 Å². The number of halogens is 2. The smallest absolute Gasteiger partial charge is 0.185 e. The number of Topliss-reactive ketones (excluding diaryl/α,β-unsaturated/α-hetero) is 1. The van der Waals surface area contributed by atoms with Gasteiger partial charge in [-0.3, -0.25) is 4.79 Å². The second kappa shape index (κ2) is 4.28. The lowest BCUT2D eigenvalue weighted by Gasteiger charge is -2.08. The number of carbonyl (C=O) groups is 1. The molecule has 1 aromatic rings. The molecular weight excluding hydrogens is 211 g/mol. The third-order valence-corrected chi connectivity index (χ3v) is 1.91. The molecule has 0 unspecified atom stereocenters. The zero-order valence-corrected chi connectivity index (χ0v) is 8.14. The minimum Gasteiger partial charge on any atom is -0.507 e. The van der Waals surface area contributed by atoms with Gasteiger partial charge in [0, 0.05) is 12.1 Å². The van der Waals surface area contributed by atoms with E-state index in [9.17, 15) is 14.3 Å². The van der Waals surface area contributed by atoms with Gasteiger partial charge in [-0.2, -0.15) is 0 Å². The fourth-order valence-electron chi connectivity index (χ4n) is 1.08. The highest BCUT2D eigenvalue weighted by molar-refractivity contribution is 6.31. The highest BCUT2D eigenvalue weighted by Gasteiger charge is 2.17. The first kappa shape index (κ1) is 10.8. The van der Waals surface area contributed by atoms with E-state index < -0.39 is 17.3 Å². The topological polar surface area (TPSA) is 46.5 Å². The molecule has 1 aromatic carbocycles. The van der Waals surface area contributed by atoms with Crippen molar-refractivity contribution in [2.75, 3.05) is 13.0 Å². The first-order chi connectivity index (χ1) is 6.60. The van der Waals surface area contributed by atoms with Crippen molar-refractivity contribution in [1.82, 2.24) is 0 Å². The first-order valence-electron chi connectivity index (χ1n) is 3.75. The van der Waals surface area contributed by atoms with Gasteiger partial charge in [0.05, 0.1) is 13.0 Å². The van der Waals surface area contributed by atoms with Gasteiger partial charge in [-0.25, -0.2) is 4.39 Å². The number of phenolic OH excluding ortho intramolecular Hbond substituents is 1. The van der Waals surface area contributed by atoms with E-state index in [0.717, 1.165) is 12.1 Å². The molecule has 0 saturated heterocycles. The van der Waals surface area contributed by atoms with Crippen LogP contribution in [0, 0.1) is 5.82 Å². The largest absolute Gasteiger partial charge is 0.507 e. The van der Waals surface area contributed by atoms with Gasteiger partial charge in [0.1, 0.15) is 22.9 Å². The SMILES string of the molecule is COc1cc(F)cc(O)c1C(=O)CCl. The summed E-state index contributed by atoms with van der Waals surface area (Å²) in [5, 5.41) is 9.31. The van der Waals surface area contributed by atoms with Crippen molar-refractivity contribution in [2.24, 2.45) is 0 Å². The Labute approximate surface area is 85.1 Å².